The number of para-hydroxylation sites is 2. The van der Waals surface area contributed by atoms with Gasteiger partial charge in [0.25, 0.3) is 5.56 Å². The maximum absolute atomic E-state index is 12.1. The summed E-state index contributed by atoms with van der Waals surface area (Å²) in [4.78, 5) is 24.2. The Morgan fingerprint density at radius 1 is 0.562 bits per heavy atom. The zero-order chi connectivity index (χ0) is 21.9. The second-order valence-corrected chi connectivity index (χ2v) is 10.1. The van der Waals surface area contributed by atoms with Crippen LogP contribution in [0.15, 0.2) is 119 Å². The van der Waals surface area contributed by atoms with Crippen LogP contribution in [0.1, 0.15) is 0 Å². The number of rotatable bonds is 2. The molecule has 32 heavy (non-hydrogen) atoms. The Hall–Kier alpha value is -3.44. The van der Waals surface area contributed by atoms with Gasteiger partial charge >= 0.3 is 98.6 Å². The Balaban J connectivity index is 0.000000135. The predicted molar refractivity (Wildman–Crippen MR) is 134 cm³/mol. The fourth-order valence-corrected chi connectivity index (χ4v) is 6.50. The molecular formula is C26H18N2O2SSe. The zero-order valence-corrected chi connectivity index (χ0v) is 19.4. The summed E-state index contributed by atoms with van der Waals surface area (Å²) in [6, 6.07) is 35.1. The van der Waals surface area contributed by atoms with Gasteiger partial charge in [0.15, 0.2) is 0 Å². The molecule has 0 aliphatic rings. The van der Waals surface area contributed by atoms with Crippen LogP contribution in [0.2, 0.25) is 0 Å². The molecule has 0 atom stereocenters. The molecule has 0 amide bonds. The van der Waals surface area contributed by atoms with Gasteiger partial charge in [-0.15, -0.1) is 0 Å². The van der Waals surface area contributed by atoms with Gasteiger partial charge in [-0.2, -0.15) is 0 Å². The summed E-state index contributed by atoms with van der Waals surface area (Å²) >= 11 is 1.56. The molecule has 0 saturated carbocycles. The summed E-state index contributed by atoms with van der Waals surface area (Å²) in [5, 5.41) is 1.64. The summed E-state index contributed by atoms with van der Waals surface area (Å²) in [6.45, 7) is 0. The van der Waals surface area contributed by atoms with Gasteiger partial charge in [-0.25, -0.2) is 3.96 Å². The number of benzene rings is 4. The largest absolute Gasteiger partial charge is 0.273 e. The van der Waals surface area contributed by atoms with E-state index in [1.807, 2.05) is 113 Å². The van der Waals surface area contributed by atoms with Crippen molar-refractivity contribution in [1.29, 1.82) is 0 Å². The van der Waals surface area contributed by atoms with Crippen molar-refractivity contribution in [3.8, 4) is 11.4 Å². The van der Waals surface area contributed by atoms with E-state index in [2.05, 4.69) is 0 Å². The molecule has 0 radical (unpaired) electrons. The van der Waals surface area contributed by atoms with Crippen LogP contribution in [0.4, 0.5) is 0 Å². The first-order chi connectivity index (χ1) is 15.7. The molecule has 0 N–H and O–H groups in total. The monoisotopic (exact) mass is 502 g/mol. The molecule has 6 rings (SSSR count). The maximum Gasteiger partial charge on any atom is 0.273 e. The predicted octanol–water partition coefficient (Wildman–Crippen LogP) is 5.10. The summed E-state index contributed by atoms with van der Waals surface area (Å²) in [6.07, 6.45) is 0. The number of aromatic nitrogens is 2. The molecule has 0 saturated heterocycles. The van der Waals surface area contributed by atoms with E-state index >= 15 is 0 Å². The number of fused-ring (bicyclic) bond motifs is 2. The van der Waals surface area contributed by atoms with E-state index < -0.39 is 0 Å². The third kappa shape index (κ3) is 3.92. The fraction of sp³-hybridized carbons (Fsp3) is 0. The van der Waals surface area contributed by atoms with E-state index in [0.717, 1.165) is 26.8 Å². The van der Waals surface area contributed by atoms with E-state index in [9.17, 15) is 9.59 Å². The van der Waals surface area contributed by atoms with Crippen molar-refractivity contribution in [2.75, 3.05) is 0 Å². The molecule has 156 valence electrons. The molecule has 0 spiro atoms. The van der Waals surface area contributed by atoms with E-state index in [4.69, 9.17) is 0 Å². The zero-order valence-electron chi connectivity index (χ0n) is 16.9. The Morgan fingerprint density at radius 3 is 1.78 bits per heavy atom. The normalized spacial score (nSPS) is 10.8. The van der Waals surface area contributed by atoms with Crippen molar-refractivity contribution in [3.05, 3.63) is 130 Å². The minimum atomic E-state index is 0.0619. The standard InChI is InChI=1S/C13H9NOS.C13H9NOSe/c2*15-13-11-8-4-5-9-12(11)16-14(13)10-6-2-1-3-7-10/h2*1-9H. The van der Waals surface area contributed by atoms with Crippen LogP contribution in [0.5, 0.6) is 0 Å². The maximum atomic E-state index is 12.1. The Morgan fingerprint density at radius 2 is 1.12 bits per heavy atom. The summed E-state index contributed by atoms with van der Waals surface area (Å²) in [7, 11) is 0. The quantitative estimate of drug-likeness (QED) is 0.310. The molecule has 6 aromatic rings. The van der Waals surface area contributed by atoms with E-state index in [1.165, 1.54) is 15.8 Å². The fourth-order valence-electron chi connectivity index (χ4n) is 3.41. The van der Waals surface area contributed by atoms with Crippen molar-refractivity contribution < 1.29 is 0 Å². The van der Waals surface area contributed by atoms with Crippen molar-refractivity contribution in [3.63, 3.8) is 0 Å². The smallest absolute Gasteiger partial charge is 0.267 e. The second kappa shape index (κ2) is 8.97. The first-order valence-corrected chi connectivity index (χ1v) is 12.4. The van der Waals surface area contributed by atoms with Gasteiger partial charge in [-0.05, 0) is 24.3 Å². The van der Waals surface area contributed by atoms with Gasteiger partial charge in [-0.3, -0.25) is 4.79 Å². The minimum Gasteiger partial charge on any atom is -0.267 e. The van der Waals surface area contributed by atoms with E-state index in [0.29, 0.717) is 0 Å². The minimum absolute atomic E-state index is 0.0619. The second-order valence-electron chi connectivity index (χ2n) is 7.05. The number of nitrogens with zero attached hydrogens (tertiary/aromatic N) is 2. The molecule has 0 aliphatic heterocycles. The molecular weight excluding hydrogens is 483 g/mol. The van der Waals surface area contributed by atoms with E-state index in [1.54, 1.807) is 3.96 Å². The van der Waals surface area contributed by atoms with Crippen LogP contribution < -0.4 is 11.1 Å². The van der Waals surface area contributed by atoms with Crippen molar-refractivity contribution in [2.24, 2.45) is 0 Å². The first kappa shape index (κ1) is 20.5. The molecule has 0 fully saturated rings. The topological polar surface area (TPSA) is 44.0 Å². The van der Waals surface area contributed by atoms with Crippen molar-refractivity contribution >= 4 is 46.0 Å². The molecule has 4 nitrogen and oxygen atoms in total. The number of hydrogen-bond acceptors (Lipinski definition) is 3. The van der Waals surface area contributed by atoms with Gasteiger partial charge in [0, 0.05) is 0 Å². The average Bonchev–Trinajstić information content (AvgIpc) is 3.38. The van der Waals surface area contributed by atoms with Crippen molar-refractivity contribution in [1.82, 2.24) is 7.52 Å². The molecule has 2 aromatic heterocycles. The molecule has 0 aliphatic carbocycles. The first-order valence-electron chi connectivity index (χ1n) is 10.1. The van der Waals surface area contributed by atoms with Crippen LogP contribution in [-0.4, -0.2) is 22.3 Å². The van der Waals surface area contributed by atoms with Crippen LogP contribution in [0.3, 0.4) is 0 Å². The van der Waals surface area contributed by atoms with Gasteiger partial charge in [-0.1, -0.05) is 41.9 Å². The average molecular weight is 501 g/mol. The van der Waals surface area contributed by atoms with Crippen molar-refractivity contribution in [2.45, 2.75) is 0 Å². The molecule has 4 aromatic carbocycles. The van der Waals surface area contributed by atoms with Gasteiger partial charge in [0.05, 0.1) is 15.8 Å². The molecule has 0 bridgehead atoms. The molecule has 0 unspecified atom stereocenters. The van der Waals surface area contributed by atoms with E-state index in [-0.39, 0.29) is 25.9 Å². The summed E-state index contributed by atoms with van der Waals surface area (Å²) < 4.78 is 5.79. The molecule has 6 heteroatoms. The third-order valence-electron chi connectivity index (χ3n) is 4.96. The van der Waals surface area contributed by atoms with Crippen LogP contribution in [0, 0.1) is 0 Å². The Labute approximate surface area is 194 Å². The molecule has 2 heterocycles. The Bertz CT molecular complexity index is 1490. The van der Waals surface area contributed by atoms with Crippen LogP contribution in [0.25, 0.3) is 31.1 Å². The summed E-state index contributed by atoms with van der Waals surface area (Å²) in [5.74, 6) is 0. The Kier molecular flexibility index (Phi) is 5.73. The third-order valence-corrected chi connectivity index (χ3v) is 8.41. The van der Waals surface area contributed by atoms with Gasteiger partial charge in [0.2, 0.25) is 0 Å². The van der Waals surface area contributed by atoms with Crippen LogP contribution in [-0.2, 0) is 0 Å². The van der Waals surface area contributed by atoms with Crippen LogP contribution >= 0.6 is 11.5 Å². The summed E-state index contributed by atoms with van der Waals surface area (Å²) in [5.41, 5.74) is 2.10. The van der Waals surface area contributed by atoms with Gasteiger partial charge in [0.1, 0.15) is 0 Å². The van der Waals surface area contributed by atoms with Gasteiger partial charge < -0.3 is 0 Å². The SMILES string of the molecule is O=c1c2ccccc2[se]n1-c1ccccc1.O=c1c2ccccc2sn1-c1ccccc1. The number of hydrogen-bond donors (Lipinski definition) is 0.